The SMILES string of the molecule is CC(CS(=O)(=O)O)(C(=O)O)[N+](C)(C)C.CC(CSCSCC(C)(C(=O)O)[N+](C)(C)C)(C(=O)O)[N+](C)(C)C.CSCCC(C)(C(=O)O)[N+](C)(C)C. The van der Waals surface area contributed by atoms with E-state index in [1.807, 2.05) is 76.6 Å². The van der Waals surface area contributed by atoms with E-state index in [1.165, 1.54) is 6.92 Å². The highest BCUT2D eigenvalue weighted by molar-refractivity contribution is 8.16. The number of nitrogens with zero attached hydrogens (tertiary/aromatic N) is 4. The Bertz CT molecular complexity index is 1220. The second-order valence-electron chi connectivity index (χ2n) is 16.6. The Morgan fingerprint density at radius 3 is 0.960 bits per heavy atom. The first-order valence-corrected chi connectivity index (χ1v) is 20.9. The van der Waals surface area contributed by atoms with Crippen molar-refractivity contribution in [2.45, 2.75) is 56.3 Å². The average Bonchev–Trinajstić information content (AvgIpc) is 2.87. The second-order valence-corrected chi connectivity index (χ2v) is 21.4. The monoisotopic (exact) mass is 800 g/mol. The summed E-state index contributed by atoms with van der Waals surface area (Å²) in [7, 11) is 17.4. The molecule has 0 spiro atoms. The number of likely N-dealkylation sites (N-methyl/N-ethyl adjacent to an activating group) is 4. The van der Waals surface area contributed by atoms with Gasteiger partial charge in [-0.05, 0) is 12.0 Å². The lowest BCUT2D eigenvalue weighted by Crippen LogP contribution is -2.63. The molecule has 0 aliphatic heterocycles. The molecular formula is C31H68N4O11S4+4. The van der Waals surface area contributed by atoms with E-state index in [0.29, 0.717) is 36.5 Å². The van der Waals surface area contributed by atoms with E-state index in [9.17, 15) is 37.8 Å². The molecule has 298 valence electrons. The van der Waals surface area contributed by atoms with Gasteiger partial charge in [0, 0.05) is 39.2 Å². The molecule has 5 N–H and O–H groups in total. The lowest BCUT2D eigenvalue weighted by atomic mass is 9.95. The number of hydrogen-bond acceptors (Lipinski definition) is 9. The van der Waals surface area contributed by atoms with Gasteiger partial charge in [0.25, 0.3) is 10.1 Å². The highest BCUT2D eigenvalue weighted by Gasteiger charge is 2.50. The third kappa shape index (κ3) is 15.3. The third-order valence-corrected chi connectivity index (χ3v) is 14.4. The average molecular weight is 801 g/mol. The van der Waals surface area contributed by atoms with Crippen LogP contribution in [0.3, 0.4) is 0 Å². The van der Waals surface area contributed by atoms with Gasteiger partial charge in [-0.25, -0.2) is 19.2 Å². The van der Waals surface area contributed by atoms with E-state index in [4.69, 9.17) is 14.8 Å². The Morgan fingerprint density at radius 1 is 0.540 bits per heavy atom. The highest BCUT2D eigenvalue weighted by Crippen LogP contribution is 2.30. The molecule has 0 aromatic rings. The Morgan fingerprint density at radius 2 is 0.800 bits per heavy atom. The number of hydrogen-bond donors (Lipinski definition) is 5. The van der Waals surface area contributed by atoms with Crippen LogP contribution in [0.15, 0.2) is 0 Å². The van der Waals surface area contributed by atoms with Crippen molar-refractivity contribution in [1.29, 1.82) is 0 Å². The smallest absolute Gasteiger partial charge is 0.366 e. The van der Waals surface area contributed by atoms with Gasteiger partial charge < -0.3 is 38.4 Å². The van der Waals surface area contributed by atoms with Crippen molar-refractivity contribution in [2.75, 3.05) is 119 Å². The molecule has 50 heavy (non-hydrogen) atoms. The molecule has 0 aromatic carbocycles. The van der Waals surface area contributed by atoms with Crippen LogP contribution in [0.25, 0.3) is 0 Å². The fourth-order valence-electron chi connectivity index (χ4n) is 3.55. The van der Waals surface area contributed by atoms with Gasteiger partial charge in [0.2, 0.25) is 16.6 Å². The minimum Gasteiger partial charge on any atom is -0.477 e. The molecule has 0 fully saturated rings. The zero-order valence-corrected chi connectivity index (χ0v) is 36.6. The molecule has 4 atom stereocenters. The number of carboxylic acids is 4. The molecule has 19 heteroatoms. The first-order valence-electron chi connectivity index (χ1n) is 15.5. The van der Waals surface area contributed by atoms with Gasteiger partial charge >= 0.3 is 23.9 Å². The number of carbonyl (C=O) groups is 4. The zero-order valence-electron chi connectivity index (χ0n) is 33.4. The minimum absolute atomic E-state index is 0.0951. The van der Waals surface area contributed by atoms with Crippen molar-refractivity contribution >= 4 is 69.3 Å². The van der Waals surface area contributed by atoms with E-state index in [2.05, 4.69) is 0 Å². The van der Waals surface area contributed by atoms with Crippen LogP contribution >= 0.6 is 35.3 Å². The first-order chi connectivity index (χ1) is 21.7. The number of carboxylic acid groups (broad SMARTS) is 4. The lowest BCUT2D eigenvalue weighted by molar-refractivity contribution is -0.911. The molecular weight excluding hydrogens is 733 g/mol. The van der Waals surface area contributed by atoms with Gasteiger partial charge in [-0.3, -0.25) is 4.55 Å². The predicted molar refractivity (Wildman–Crippen MR) is 205 cm³/mol. The molecule has 0 aromatic heterocycles. The van der Waals surface area contributed by atoms with Crippen LogP contribution in [0.4, 0.5) is 0 Å². The normalized spacial score (nSPS) is 17.6. The minimum atomic E-state index is -4.31. The number of quaternary nitrogens is 4. The molecule has 4 unspecified atom stereocenters. The summed E-state index contributed by atoms with van der Waals surface area (Å²) in [6.45, 7) is 6.59. The van der Waals surface area contributed by atoms with Crippen molar-refractivity contribution in [3.05, 3.63) is 0 Å². The lowest BCUT2D eigenvalue weighted by Gasteiger charge is -2.41. The van der Waals surface area contributed by atoms with Crippen molar-refractivity contribution in [2.24, 2.45) is 0 Å². The maximum Gasteiger partial charge on any atom is 0.366 e. The molecule has 0 aliphatic rings. The molecule has 0 bridgehead atoms. The van der Waals surface area contributed by atoms with Crippen molar-refractivity contribution in [1.82, 2.24) is 0 Å². The summed E-state index contributed by atoms with van der Waals surface area (Å²) in [4.78, 5) is 45.3. The van der Waals surface area contributed by atoms with Crippen LogP contribution in [0.5, 0.6) is 0 Å². The van der Waals surface area contributed by atoms with E-state index < -0.39 is 61.9 Å². The Labute approximate surface area is 313 Å². The van der Waals surface area contributed by atoms with Crippen LogP contribution in [0.2, 0.25) is 0 Å². The topological polar surface area (TPSA) is 204 Å². The second kappa shape index (κ2) is 19.1. The largest absolute Gasteiger partial charge is 0.477 e. The Hall–Kier alpha value is -1.32. The molecule has 0 saturated carbocycles. The summed E-state index contributed by atoms with van der Waals surface area (Å²) in [5.41, 5.74) is -3.99. The molecule has 0 radical (unpaired) electrons. The summed E-state index contributed by atoms with van der Waals surface area (Å²) in [5, 5.41) is 37.8. The van der Waals surface area contributed by atoms with Crippen LogP contribution in [0, 0.1) is 0 Å². The van der Waals surface area contributed by atoms with Crippen molar-refractivity contribution in [3.63, 3.8) is 0 Å². The van der Waals surface area contributed by atoms with Crippen LogP contribution < -0.4 is 0 Å². The van der Waals surface area contributed by atoms with Crippen LogP contribution in [-0.4, -0.2) is 216 Å². The van der Waals surface area contributed by atoms with Gasteiger partial charge in [-0.15, -0.1) is 23.5 Å². The molecule has 0 rings (SSSR count). The van der Waals surface area contributed by atoms with E-state index in [1.54, 1.807) is 70.3 Å². The van der Waals surface area contributed by atoms with Crippen molar-refractivity contribution in [3.8, 4) is 0 Å². The van der Waals surface area contributed by atoms with Crippen LogP contribution in [0.1, 0.15) is 34.1 Å². The summed E-state index contributed by atoms with van der Waals surface area (Å²) in [6, 6.07) is 0. The van der Waals surface area contributed by atoms with Gasteiger partial charge in [0.15, 0.2) is 5.54 Å². The van der Waals surface area contributed by atoms with Gasteiger partial charge in [0.05, 0.1) is 96.1 Å². The van der Waals surface area contributed by atoms with E-state index >= 15 is 0 Å². The van der Waals surface area contributed by atoms with Gasteiger partial charge in [-0.2, -0.15) is 20.2 Å². The van der Waals surface area contributed by atoms with Gasteiger partial charge in [-0.1, -0.05) is 0 Å². The molecule has 0 heterocycles. The number of aliphatic carboxylic acids is 4. The predicted octanol–water partition coefficient (Wildman–Crippen LogP) is 2.22. The summed E-state index contributed by atoms with van der Waals surface area (Å²) < 4.78 is 31.1. The van der Waals surface area contributed by atoms with E-state index in [-0.39, 0.29) is 4.48 Å². The summed E-state index contributed by atoms with van der Waals surface area (Å²) >= 11 is 4.78. The fourth-order valence-corrected chi connectivity index (χ4v) is 8.33. The van der Waals surface area contributed by atoms with Crippen LogP contribution in [-0.2, 0) is 29.3 Å². The fraction of sp³-hybridized carbons (Fsp3) is 0.871. The van der Waals surface area contributed by atoms with E-state index in [0.717, 1.165) is 5.75 Å². The molecule has 0 saturated heterocycles. The molecule has 0 amide bonds. The summed E-state index contributed by atoms with van der Waals surface area (Å²) in [6.07, 6.45) is 2.70. The maximum atomic E-state index is 11.6. The summed E-state index contributed by atoms with van der Waals surface area (Å²) in [5.74, 6) is -2.57. The Balaban J connectivity index is -0.000000705. The standard InChI is InChI=1S/C15H30N2O4S2.C9H19NO2S.C7H15NO5S/c1-14(12(18)19,16(3,4)5)9-22-11-23-10-15(2,13(20)21)17(6,7)8;1-9(8(11)12,6-7-13-5)10(2,3)4;1-7(6(9)10,8(2,3)4)5-14(11,12)13/h9-11H2,1-8H3;6-7H2,1-5H3;5H2,1-4H3,(H-,9,10,11,12,13)/p+4. The van der Waals surface area contributed by atoms with Crippen molar-refractivity contribution < 1.29 is 70.5 Å². The Kier molecular flexibility index (Phi) is 20.3. The number of thioether (sulfide) groups is 3. The van der Waals surface area contributed by atoms with Gasteiger partial charge in [0.1, 0.15) is 5.75 Å². The third-order valence-electron chi connectivity index (χ3n) is 9.95. The first kappa shape index (κ1) is 53.0. The quantitative estimate of drug-likeness (QED) is 0.0551. The maximum absolute atomic E-state index is 11.6. The zero-order chi connectivity index (χ0) is 41.2. The number of rotatable bonds is 19. The molecule has 15 nitrogen and oxygen atoms in total. The molecule has 0 aliphatic carbocycles. The highest BCUT2D eigenvalue weighted by atomic mass is 32.2.